The van der Waals surface area contributed by atoms with Crippen molar-refractivity contribution in [1.82, 2.24) is 10.3 Å². The minimum absolute atomic E-state index is 0.0456. The van der Waals surface area contributed by atoms with Gasteiger partial charge in [0.15, 0.2) is 0 Å². The topological polar surface area (TPSA) is 91.3 Å². The molecule has 0 aliphatic rings. The number of anilines is 1. The number of nitrogens with one attached hydrogen (secondary N) is 2. The number of nitrogens with zero attached hydrogens (tertiary/aromatic N) is 1. The van der Waals surface area contributed by atoms with Gasteiger partial charge >= 0.3 is 12.0 Å². The first kappa shape index (κ1) is 15.6. The molecule has 0 unspecified atom stereocenters. The highest BCUT2D eigenvalue weighted by atomic mass is 35.5. The van der Waals surface area contributed by atoms with E-state index in [0.717, 1.165) is 5.01 Å². The molecule has 1 aromatic heterocycles. The van der Waals surface area contributed by atoms with Gasteiger partial charge in [-0.15, -0.1) is 11.3 Å². The summed E-state index contributed by atoms with van der Waals surface area (Å²) in [6.07, 6.45) is 1.64. The van der Waals surface area contributed by atoms with Crippen molar-refractivity contribution in [3.63, 3.8) is 0 Å². The smallest absolute Gasteiger partial charge is 0.335 e. The summed E-state index contributed by atoms with van der Waals surface area (Å²) >= 11 is 13.3. The first-order chi connectivity index (χ1) is 9.97. The summed E-state index contributed by atoms with van der Waals surface area (Å²) < 4.78 is 0. The predicted octanol–water partition coefficient (Wildman–Crippen LogP) is 3.47. The van der Waals surface area contributed by atoms with E-state index in [4.69, 9.17) is 28.3 Å². The number of urea groups is 1. The molecule has 0 saturated heterocycles. The van der Waals surface area contributed by atoms with Crippen molar-refractivity contribution < 1.29 is 14.7 Å². The monoisotopic (exact) mass is 345 g/mol. The van der Waals surface area contributed by atoms with E-state index in [1.54, 1.807) is 11.6 Å². The summed E-state index contributed by atoms with van der Waals surface area (Å²) in [6.45, 7) is 0.270. The standard InChI is InChI=1S/C12H9Cl2N3O3S/c13-7-3-6(11(18)19)4-8(14)10(7)17-12(20)16-5-9-15-1-2-21-9/h1-4H,5H2,(H,18,19)(H2,16,17,20). The number of hydrogen-bond donors (Lipinski definition) is 3. The van der Waals surface area contributed by atoms with Gasteiger partial charge in [-0.2, -0.15) is 0 Å². The molecular weight excluding hydrogens is 337 g/mol. The fourth-order valence-corrected chi connectivity index (χ4v) is 2.61. The summed E-state index contributed by atoms with van der Waals surface area (Å²) in [5, 5.41) is 16.6. The van der Waals surface area contributed by atoms with Crippen LogP contribution in [0.1, 0.15) is 15.4 Å². The van der Waals surface area contributed by atoms with E-state index in [1.165, 1.54) is 23.5 Å². The van der Waals surface area contributed by atoms with Crippen LogP contribution in [0.15, 0.2) is 23.7 Å². The Balaban J connectivity index is 2.05. The van der Waals surface area contributed by atoms with Gasteiger partial charge in [-0.1, -0.05) is 23.2 Å². The van der Waals surface area contributed by atoms with Crippen LogP contribution in [0.25, 0.3) is 0 Å². The Morgan fingerprint density at radius 2 is 1.95 bits per heavy atom. The molecule has 6 nitrogen and oxygen atoms in total. The number of hydrogen-bond acceptors (Lipinski definition) is 4. The molecule has 110 valence electrons. The number of aromatic nitrogens is 1. The van der Waals surface area contributed by atoms with Crippen molar-refractivity contribution in [2.75, 3.05) is 5.32 Å². The van der Waals surface area contributed by atoms with E-state index in [9.17, 15) is 9.59 Å². The maximum atomic E-state index is 11.8. The molecular formula is C12H9Cl2N3O3S. The second-order valence-electron chi connectivity index (χ2n) is 3.85. The minimum atomic E-state index is -1.15. The average molecular weight is 346 g/mol. The number of aromatic carboxylic acids is 1. The van der Waals surface area contributed by atoms with E-state index in [1.807, 2.05) is 0 Å². The fourth-order valence-electron chi connectivity index (χ4n) is 1.47. The zero-order valence-corrected chi connectivity index (χ0v) is 12.7. The van der Waals surface area contributed by atoms with Gasteiger partial charge in [0.05, 0.1) is 27.8 Å². The van der Waals surface area contributed by atoms with Gasteiger partial charge in [0.2, 0.25) is 0 Å². The highest BCUT2D eigenvalue weighted by molar-refractivity contribution is 7.09. The van der Waals surface area contributed by atoms with Gasteiger partial charge in [-0.05, 0) is 12.1 Å². The Morgan fingerprint density at radius 1 is 1.29 bits per heavy atom. The highest BCUT2D eigenvalue weighted by Gasteiger charge is 2.14. The maximum Gasteiger partial charge on any atom is 0.335 e. The van der Waals surface area contributed by atoms with Gasteiger partial charge in [-0.25, -0.2) is 14.6 Å². The molecule has 2 amide bonds. The Morgan fingerprint density at radius 3 is 2.48 bits per heavy atom. The lowest BCUT2D eigenvalue weighted by molar-refractivity contribution is 0.0697. The third-order valence-corrected chi connectivity index (χ3v) is 3.79. The Kier molecular flexibility index (Phi) is 5.00. The second kappa shape index (κ2) is 6.75. The van der Waals surface area contributed by atoms with Crippen molar-refractivity contribution in [2.24, 2.45) is 0 Å². The van der Waals surface area contributed by atoms with Crippen molar-refractivity contribution in [2.45, 2.75) is 6.54 Å². The van der Waals surface area contributed by atoms with E-state index < -0.39 is 12.0 Å². The van der Waals surface area contributed by atoms with Crippen LogP contribution in [-0.2, 0) is 6.54 Å². The number of amides is 2. The molecule has 9 heteroatoms. The molecule has 0 fully saturated rings. The van der Waals surface area contributed by atoms with Crippen LogP contribution in [0.2, 0.25) is 10.0 Å². The summed E-state index contributed by atoms with van der Waals surface area (Å²) in [6, 6.07) is 1.91. The van der Waals surface area contributed by atoms with Crippen molar-refractivity contribution in [3.05, 3.63) is 44.3 Å². The first-order valence-corrected chi connectivity index (χ1v) is 7.26. The van der Waals surface area contributed by atoms with Crippen LogP contribution >= 0.6 is 34.5 Å². The number of rotatable bonds is 4. The van der Waals surface area contributed by atoms with Crippen molar-refractivity contribution in [3.8, 4) is 0 Å². The largest absolute Gasteiger partial charge is 0.478 e. The van der Waals surface area contributed by atoms with Crippen molar-refractivity contribution >= 4 is 52.2 Å². The molecule has 0 saturated carbocycles. The molecule has 0 aliphatic carbocycles. The number of thiazole rings is 1. The summed E-state index contributed by atoms with van der Waals surface area (Å²) in [5.74, 6) is -1.15. The molecule has 0 radical (unpaired) electrons. The summed E-state index contributed by atoms with van der Waals surface area (Å²) in [4.78, 5) is 26.6. The van der Waals surface area contributed by atoms with E-state index in [0.29, 0.717) is 0 Å². The summed E-state index contributed by atoms with van der Waals surface area (Å²) in [5.41, 5.74) is 0.0960. The normalized spacial score (nSPS) is 10.2. The third-order valence-electron chi connectivity index (χ3n) is 2.41. The quantitative estimate of drug-likeness (QED) is 0.791. The van der Waals surface area contributed by atoms with E-state index in [-0.39, 0.29) is 27.8 Å². The lowest BCUT2D eigenvalue weighted by Gasteiger charge is -2.10. The van der Waals surface area contributed by atoms with Gasteiger partial charge in [0, 0.05) is 11.6 Å². The minimum Gasteiger partial charge on any atom is -0.478 e. The molecule has 0 spiro atoms. The Labute approximate surface area is 133 Å². The highest BCUT2D eigenvalue weighted by Crippen LogP contribution is 2.31. The number of benzene rings is 1. The van der Waals surface area contributed by atoms with Gasteiger partial charge in [0.1, 0.15) is 5.01 Å². The molecule has 2 aromatic rings. The molecule has 1 heterocycles. The predicted molar refractivity (Wildman–Crippen MR) is 81.4 cm³/mol. The molecule has 0 aliphatic heterocycles. The number of carboxylic acid groups (broad SMARTS) is 1. The van der Waals surface area contributed by atoms with Gasteiger partial charge < -0.3 is 15.7 Å². The van der Waals surface area contributed by atoms with Crippen LogP contribution in [0.3, 0.4) is 0 Å². The lowest BCUT2D eigenvalue weighted by atomic mass is 10.2. The number of carbonyl (C=O) groups excluding carboxylic acids is 1. The molecule has 1 aromatic carbocycles. The lowest BCUT2D eigenvalue weighted by Crippen LogP contribution is -2.28. The first-order valence-electron chi connectivity index (χ1n) is 5.63. The Bertz CT molecular complexity index is 653. The van der Waals surface area contributed by atoms with Crippen LogP contribution in [-0.4, -0.2) is 22.1 Å². The van der Waals surface area contributed by atoms with Crippen LogP contribution < -0.4 is 10.6 Å². The molecule has 2 rings (SSSR count). The molecule has 21 heavy (non-hydrogen) atoms. The number of carbonyl (C=O) groups is 2. The second-order valence-corrected chi connectivity index (χ2v) is 5.65. The van der Waals surface area contributed by atoms with Gasteiger partial charge in [0.25, 0.3) is 0 Å². The fraction of sp³-hybridized carbons (Fsp3) is 0.0833. The SMILES string of the molecule is O=C(NCc1nccs1)Nc1c(Cl)cc(C(=O)O)cc1Cl. The molecule has 3 N–H and O–H groups in total. The average Bonchev–Trinajstić information content (AvgIpc) is 2.93. The zero-order chi connectivity index (χ0) is 15.4. The van der Waals surface area contributed by atoms with Crippen molar-refractivity contribution in [1.29, 1.82) is 0 Å². The zero-order valence-electron chi connectivity index (χ0n) is 10.4. The third kappa shape index (κ3) is 4.07. The summed E-state index contributed by atoms with van der Waals surface area (Å²) in [7, 11) is 0. The molecule has 0 bridgehead atoms. The number of halogens is 2. The molecule has 0 atom stereocenters. The van der Waals surface area contributed by atoms with E-state index in [2.05, 4.69) is 15.6 Å². The van der Waals surface area contributed by atoms with Gasteiger partial charge in [-0.3, -0.25) is 0 Å². The van der Waals surface area contributed by atoms with Crippen LogP contribution in [0.5, 0.6) is 0 Å². The Hall–Kier alpha value is -1.83. The van der Waals surface area contributed by atoms with E-state index >= 15 is 0 Å². The van der Waals surface area contributed by atoms with Crippen LogP contribution in [0.4, 0.5) is 10.5 Å². The van der Waals surface area contributed by atoms with Crippen LogP contribution in [0, 0.1) is 0 Å². The number of carboxylic acids is 1. The maximum absolute atomic E-state index is 11.8.